The second-order valence-electron chi connectivity index (χ2n) is 6.35. The lowest BCUT2D eigenvalue weighted by Crippen LogP contribution is -2.42. The lowest BCUT2D eigenvalue weighted by Gasteiger charge is -2.22. The molecule has 23 heavy (non-hydrogen) atoms. The van der Waals surface area contributed by atoms with Crippen LogP contribution in [0.15, 0.2) is 24.3 Å². The second kappa shape index (κ2) is 7.34. The Labute approximate surface area is 134 Å². The number of carbonyl (C=O) groups excluding carboxylic acids is 1. The number of rotatable bonds is 5. The molecule has 3 unspecified atom stereocenters. The van der Waals surface area contributed by atoms with Gasteiger partial charge in [0.25, 0.3) is 0 Å². The van der Waals surface area contributed by atoms with Crippen LogP contribution in [-0.4, -0.2) is 18.5 Å². The van der Waals surface area contributed by atoms with Crippen molar-refractivity contribution in [2.75, 3.05) is 6.54 Å². The summed E-state index contributed by atoms with van der Waals surface area (Å²) in [5.41, 5.74) is 5.54. The summed E-state index contributed by atoms with van der Waals surface area (Å²) in [6, 6.07) is 5.25. The molecule has 0 heterocycles. The number of amides is 1. The van der Waals surface area contributed by atoms with Crippen molar-refractivity contribution in [3.05, 3.63) is 35.4 Å². The summed E-state index contributed by atoms with van der Waals surface area (Å²) in [5, 5.41) is 3.00. The highest BCUT2D eigenvalue weighted by molar-refractivity contribution is 5.79. The maximum atomic E-state index is 12.7. The molecule has 1 aromatic carbocycles. The van der Waals surface area contributed by atoms with Crippen molar-refractivity contribution in [1.82, 2.24) is 5.32 Å². The van der Waals surface area contributed by atoms with Crippen LogP contribution >= 0.6 is 0 Å². The van der Waals surface area contributed by atoms with E-state index in [0.717, 1.165) is 31.4 Å². The van der Waals surface area contributed by atoms with Gasteiger partial charge in [-0.05, 0) is 43.4 Å². The number of nitrogens with two attached hydrogens (primary N) is 1. The van der Waals surface area contributed by atoms with Gasteiger partial charge in [0, 0.05) is 12.0 Å². The fourth-order valence-electron chi connectivity index (χ4n) is 3.15. The predicted molar refractivity (Wildman–Crippen MR) is 82.6 cm³/mol. The highest BCUT2D eigenvalue weighted by Gasteiger charge is 2.31. The van der Waals surface area contributed by atoms with E-state index in [2.05, 4.69) is 5.32 Å². The summed E-state index contributed by atoms with van der Waals surface area (Å²) in [5.74, 6) is -0.190. The Hall–Kier alpha value is -1.56. The van der Waals surface area contributed by atoms with E-state index in [-0.39, 0.29) is 24.3 Å². The summed E-state index contributed by atoms with van der Waals surface area (Å²) in [7, 11) is 0. The van der Waals surface area contributed by atoms with E-state index in [4.69, 9.17) is 5.73 Å². The molecule has 1 fully saturated rings. The van der Waals surface area contributed by atoms with E-state index in [9.17, 15) is 18.0 Å². The lowest BCUT2D eigenvalue weighted by atomic mass is 9.97. The third kappa shape index (κ3) is 4.70. The molecular weight excluding hydrogens is 305 g/mol. The molecule has 128 valence electrons. The zero-order valence-corrected chi connectivity index (χ0v) is 13.2. The summed E-state index contributed by atoms with van der Waals surface area (Å²) in [6.45, 7) is 2.29. The normalized spacial score (nSPS) is 22.8. The number of alkyl halides is 3. The Balaban J connectivity index is 1.96. The van der Waals surface area contributed by atoms with E-state index >= 15 is 0 Å². The third-order valence-electron chi connectivity index (χ3n) is 4.53. The van der Waals surface area contributed by atoms with E-state index < -0.39 is 11.7 Å². The molecule has 0 radical (unpaired) electrons. The Bertz CT molecular complexity index is 545. The van der Waals surface area contributed by atoms with Crippen LogP contribution in [0, 0.1) is 11.8 Å². The van der Waals surface area contributed by atoms with Crippen LogP contribution in [0.2, 0.25) is 0 Å². The van der Waals surface area contributed by atoms with E-state index in [1.165, 1.54) is 6.07 Å². The molecule has 3 atom stereocenters. The molecule has 0 saturated heterocycles. The minimum Gasteiger partial charge on any atom is -0.353 e. The van der Waals surface area contributed by atoms with Gasteiger partial charge in [0.05, 0.1) is 5.56 Å². The van der Waals surface area contributed by atoms with Crippen LogP contribution in [0.4, 0.5) is 13.2 Å². The lowest BCUT2D eigenvalue weighted by molar-refractivity contribution is -0.137. The molecule has 3 nitrogen and oxygen atoms in total. The van der Waals surface area contributed by atoms with Crippen LogP contribution in [0.1, 0.15) is 37.3 Å². The quantitative estimate of drug-likeness (QED) is 0.872. The molecule has 0 aromatic heterocycles. The third-order valence-corrected chi connectivity index (χ3v) is 4.53. The molecule has 1 amide bonds. The average molecular weight is 328 g/mol. The summed E-state index contributed by atoms with van der Waals surface area (Å²) >= 11 is 0. The van der Waals surface area contributed by atoms with Crippen molar-refractivity contribution < 1.29 is 18.0 Å². The number of hydrogen-bond acceptors (Lipinski definition) is 2. The molecule has 3 N–H and O–H groups in total. The highest BCUT2D eigenvalue weighted by Crippen LogP contribution is 2.30. The van der Waals surface area contributed by atoms with Gasteiger partial charge in [-0.15, -0.1) is 0 Å². The topological polar surface area (TPSA) is 55.1 Å². The van der Waals surface area contributed by atoms with Gasteiger partial charge >= 0.3 is 6.18 Å². The zero-order valence-electron chi connectivity index (χ0n) is 13.2. The largest absolute Gasteiger partial charge is 0.416 e. The molecule has 1 aliphatic rings. The van der Waals surface area contributed by atoms with Gasteiger partial charge < -0.3 is 11.1 Å². The van der Waals surface area contributed by atoms with E-state index in [1.54, 1.807) is 13.0 Å². The van der Waals surface area contributed by atoms with Crippen molar-refractivity contribution in [2.45, 2.75) is 44.8 Å². The molecular formula is C17H23F3N2O. The molecule has 0 spiro atoms. The van der Waals surface area contributed by atoms with Crippen molar-refractivity contribution in [1.29, 1.82) is 0 Å². The smallest absolute Gasteiger partial charge is 0.353 e. The molecule has 1 aliphatic carbocycles. The number of hydrogen-bond donors (Lipinski definition) is 2. The predicted octanol–water partition coefficient (Wildman–Crippen LogP) is 3.13. The van der Waals surface area contributed by atoms with Crippen LogP contribution in [0.5, 0.6) is 0 Å². The Morgan fingerprint density at radius 3 is 2.78 bits per heavy atom. The number of nitrogens with one attached hydrogen (secondary N) is 1. The Morgan fingerprint density at radius 1 is 1.39 bits per heavy atom. The minimum atomic E-state index is -4.36. The van der Waals surface area contributed by atoms with Crippen LogP contribution < -0.4 is 11.1 Å². The van der Waals surface area contributed by atoms with Gasteiger partial charge in [-0.3, -0.25) is 4.79 Å². The molecule has 6 heteroatoms. The van der Waals surface area contributed by atoms with Gasteiger partial charge in [-0.2, -0.15) is 13.2 Å². The molecule has 2 rings (SSSR count). The van der Waals surface area contributed by atoms with Crippen LogP contribution in [0.25, 0.3) is 0 Å². The van der Waals surface area contributed by atoms with Gasteiger partial charge in [0.2, 0.25) is 5.91 Å². The molecule has 1 aromatic rings. The second-order valence-corrected chi connectivity index (χ2v) is 6.35. The summed E-state index contributed by atoms with van der Waals surface area (Å²) in [6.07, 6.45) is -1.09. The van der Waals surface area contributed by atoms with Gasteiger partial charge in [0.1, 0.15) is 0 Å². The van der Waals surface area contributed by atoms with Crippen molar-refractivity contribution in [3.8, 4) is 0 Å². The maximum Gasteiger partial charge on any atom is 0.416 e. The SMILES string of the molecule is CC(Cc1cccc(C(F)(F)F)c1)C(=O)NC1CCCC1CN. The highest BCUT2D eigenvalue weighted by atomic mass is 19.4. The Kier molecular flexibility index (Phi) is 5.68. The standard InChI is InChI=1S/C17H23F3N2O/c1-11(16(23)22-15-7-3-5-13(15)10-21)8-12-4-2-6-14(9-12)17(18,19)20/h2,4,6,9,11,13,15H,3,5,7-8,10,21H2,1H3,(H,22,23). The Morgan fingerprint density at radius 2 is 2.13 bits per heavy atom. The maximum absolute atomic E-state index is 12.7. The number of carbonyl (C=O) groups is 1. The molecule has 0 aliphatic heterocycles. The molecule has 1 saturated carbocycles. The zero-order chi connectivity index (χ0) is 17.0. The first-order valence-electron chi connectivity index (χ1n) is 7.98. The van der Waals surface area contributed by atoms with Gasteiger partial charge in [-0.1, -0.05) is 31.5 Å². The minimum absolute atomic E-state index is 0.0939. The van der Waals surface area contributed by atoms with Crippen molar-refractivity contribution in [2.24, 2.45) is 17.6 Å². The first kappa shape index (κ1) is 17.8. The van der Waals surface area contributed by atoms with Gasteiger partial charge in [0.15, 0.2) is 0 Å². The number of halogens is 3. The first-order valence-corrected chi connectivity index (χ1v) is 7.98. The fourth-order valence-corrected chi connectivity index (χ4v) is 3.15. The van der Waals surface area contributed by atoms with Crippen LogP contribution in [-0.2, 0) is 17.4 Å². The average Bonchev–Trinajstić information content (AvgIpc) is 2.93. The van der Waals surface area contributed by atoms with Crippen molar-refractivity contribution in [3.63, 3.8) is 0 Å². The van der Waals surface area contributed by atoms with Crippen LogP contribution in [0.3, 0.4) is 0 Å². The monoisotopic (exact) mass is 328 g/mol. The van der Waals surface area contributed by atoms with E-state index in [0.29, 0.717) is 18.0 Å². The summed E-state index contributed by atoms with van der Waals surface area (Å²) in [4.78, 5) is 12.3. The van der Waals surface area contributed by atoms with E-state index in [1.807, 2.05) is 0 Å². The molecule has 0 bridgehead atoms. The van der Waals surface area contributed by atoms with Gasteiger partial charge in [-0.25, -0.2) is 0 Å². The fraction of sp³-hybridized carbons (Fsp3) is 0.588. The number of benzene rings is 1. The van der Waals surface area contributed by atoms with Crippen molar-refractivity contribution >= 4 is 5.91 Å². The first-order chi connectivity index (χ1) is 10.8. The summed E-state index contributed by atoms with van der Waals surface area (Å²) < 4.78 is 38.2.